The van der Waals surface area contributed by atoms with Gasteiger partial charge in [0.05, 0.1) is 19.1 Å². The first-order valence-electron chi connectivity index (χ1n) is 8.48. The zero-order valence-corrected chi connectivity index (χ0v) is 16.0. The maximum Gasteiger partial charge on any atom is 0.310 e. The first-order valence-corrected chi connectivity index (χ1v) is 9.73. The molecule has 5 atom stereocenters. The van der Waals surface area contributed by atoms with E-state index in [0.717, 1.165) is 12.8 Å². The molecular weight excluding hydrogens is 403 g/mol. The third-order valence-corrected chi connectivity index (χ3v) is 6.72. The highest BCUT2D eigenvalue weighted by molar-refractivity contribution is 14.1. The summed E-state index contributed by atoms with van der Waals surface area (Å²) in [4.78, 5) is 12.5. The van der Waals surface area contributed by atoms with E-state index in [0.29, 0.717) is 17.1 Å². The van der Waals surface area contributed by atoms with Gasteiger partial charge in [0.25, 0.3) is 0 Å². The predicted molar refractivity (Wildman–Crippen MR) is 98.4 cm³/mol. The van der Waals surface area contributed by atoms with Crippen LogP contribution in [0.2, 0.25) is 0 Å². The number of alkyl halides is 1. The normalized spacial score (nSPS) is 34.7. The molecule has 0 N–H and O–H groups in total. The van der Waals surface area contributed by atoms with Crippen LogP contribution in [-0.4, -0.2) is 22.6 Å². The Balaban J connectivity index is 1.62. The molecule has 1 saturated carbocycles. The minimum Gasteiger partial charge on any atom is -0.460 e. The summed E-state index contributed by atoms with van der Waals surface area (Å²) in [5.41, 5.74) is 1.14. The molecule has 4 heteroatoms. The van der Waals surface area contributed by atoms with Gasteiger partial charge in [-0.25, -0.2) is 0 Å². The van der Waals surface area contributed by atoms with Crippen LogP contribution in [0.5, 0.6) is 0 Å². The van der Waals surface area contributed by atoms with E-state index in [1.165, 1.54) is 12.0 Å². The van der Waals surface area contributed by atoms with Crippen molar-refractivity contribution in [3.63, 3.8) is 0 Å². The molecule has 23 heavy (non-hydrogen) atoms. The van der Waals surface area contributed by atoms with Crippen molar-refractivity contribution in [3.8, 4) is 0 Å². The van der Waals surface area contributed by atoms with Gasteiger partial charge in [0.2, 0.25) is 0 Å². The van der Waals surface area contributed by atoms with Gasteiger partial charge in [-0.1, -0.05) is 73.2 Å². The maximum absolute atomic E-state index is 12.5. The zero-order valence-electron chi connectivity index (χ0n) is 13.8. The number of hydrogen-bond donors (Lipinski definition) is 0. The number of esters is 1. The van der Waals surface area contributed by atoms with Crippen LogP contribution in [0.25, 0.3) is 0 Å². The predicted octanol–water partition coefficient (Wildman–Crippen LogP) is 4.37. The highest BCUT2D eigenvalue weighted by Crippen LogP contribution is 2.53. The second-order valence-electron chi connectivity index (χ2n) is 7.23. The lowest BCUT2D eigenvalue weighted by Gasteiger charge is -2.41. The third-order valence-electron chi connectivity index (χ3n) is 5.44. The molecule has 3 rings (SSSR count). The molecule has 1 heterocycles. The molecule has 1 saturated heterocycles. The van der Waals surface area contributed by atoms with Gasteiger partial charge in [-0.15, -0.1) is 0 Å². The average Bonchev–Trinajstić information content (AvgIpc) is 2.80. The summed E-state index contributed by atoms with van der Waals surface area (Å²) < 4.78 is 12.1. The fourth-order valence-electron chi connectivity index (χ4n) is 4.31. The quantitative estimate of drug-likeness (QED) is 0.397. The SMILES string of the molecule is C[C@@H](COCc1ccccc1)[C@@H]1C(=O)O[C@@H]2[C@@H](I)CCC[C@@]21C. The summed E-state index contributed by atoms with van der Waals surface area (Å²) in [5.74, 6) is 0.126. The molecule has 1 aromatic carbocycles. The molecule has 0 amide bonds. The number of hydrogen-bond acceptors (Lipinski definition) is 3. The fourth-order valence-corrected chi connectivity index (χ4v) is 5.72. The molecule has 1 aromatic rings. The first-order chi connectivity index (χ1) is 11.0. The smallest absolute Gasteiger partial charge is 0.310 e. The largest absolute Gasteiger partial charge is 0.460 e. The van der Waals surface area contributed by atoms with Crippen molar-refractivity contribution in [2.45, 2.75) is 49.7 Å². The minimum absolute atomic E-state index is 0.0168. The molecule has 0 bridgehead atoms. The van der Waals surface area contributed by atoms with E-state index in [9.17, 15) is 4.79 Å². The van der Waals surface area contributed by atoms with Crippen molar-refractivity contribution in [2.24, 2.45) is 17.3 Å². The lowest BCUT2D eigenvalue weighted by Crippen LogP contribution is -2.44. The molecule has 126 valence electrons. The second kappa shape index (κ2) is 7.09. The van der Waals surface area contributed by atoms with Gasteiger partial charge in [0.15, 0.2) is 0 Å². The van der Waals surface area contributed by atoms with Crippen LogP contribution in [0.3, 0.4) is 0 Å². The second-order valence-corrected chi connectivity index (χ2v) is 8.83. The Morgan fingerprint density at radius 1 is 1.39 bits per heavy atom. The Labute approximate surface area is 152 Å². The number of carbonyl (C=O) groups is 1. The van der Waals surface area contributed by atoms with Crippen molar-refractivity contribution >= 4 is 28.6 Å². The number of rotatable bonds is 5. The molecule has 0 unspecified atom stereocenters. The summed E-state index contributed by atoms with van der Waals surface area (Å²) in [6.45, 7) is 5.57. The third kappa shape index (κ3) is 3.43. The Morgan fingerprint density at radius 3 is 2.87 bits per heavy atom. The molecule has 1 aliphatic heterocycles. The number of halogens is 1. The van der Waals surface area contributed by atoms with Crippen LogP contribution in [-0.2, 0) is 20.9 Å². The van der Waals surface area contributed by atoms with Gasteiger partial charge in [-0.3, -0.25) is 4.79 Å². The van der Waals surface area contributed by atoms with E-state index in [1.54, 1.807) is 0 Å². The van der Waals surface area contributed by atoms with E-state index in [1.807, 2.05) is 18.2 Å². The number of ether oxygens (including phenoxy) is 2. The van der Waals surface area contributed by atoms with Crippen LogP contribution in [0.1, 0.15) is 38.7 Å². The first kappa shape index (κ1) is 17.2. The summed E-state index contributed by atoms with van der Waals surface area (Å²) in [6, 6.07) is 10.2. The van der Waals surface area contributed by atoms with Crippen LogP contribution in [0.15, 0.2) is 30.3 Å². The Kier molecular flexibility index (Phi) is 5.31. The van der Waals surface area contributed by atoms with Gasteiger partial charge in [0.1, 0.15) is 6.10 Å². The van der Waals surface area contributed by atoms with Crippen molar-refractivity contribution in [3.05, 3.63) is 35.9 Å². The highest BCUT2D eigenvalue weighted by atomic mass is 127. The van der Waals surface area contributed by atoms with Gasteiger partial charge in [-0.2, -0.15) is 0 Å². The topological polar surface area (TPSA) is 35.5 Å². The number of fused-ring (bicyclic) bond motifs is 1. The van der Waals surface area contributed by atoms with E-state index in [2.05, 4.69) is 48.6 Å². The Bertz CT molecular complexity index is 547. The molecule has 0 aromatic heterocycles. The summed E-state index contributed by atoms with van der Waals surface area (Å²) >= 11 is 2.46. The van der Waals surface area contributed by atoms with Gasteiger partial charge in [0, 0.05) is 9.34 Å². The van der Waals surface area contributed by atoms with E-state index < -0.39 is 0 Å². The van der Waals surface area contributed by atoms with Crippen LogP contribution in [0.4, 0.5) is 0 Å². The number of carbonyl (C=O) groups excluding carboxylic acids is 1. The zero-order chi connectivity index (χ0) is 16.4. The summed E-state index contributed by atoms with van der Waals surface area (Å²) in [5, 5.41) is 0. The fraction of sp³-hybridized carbons (Fsp3) is 0.632. The van der Waals surface area contributed by atoms with Crippen LogP contribution in [0, 0.1) is 17.3 Å². The van der Waals surface area contributed by atoms with Crippen molar-refractivity contribution in [1.29, 1.82) is 0 Å². The lowest BCUT2D eigenvalue weighted by atomic mass is 9.64. The van der Waals surface area contributed by atoms with E-state index >= 15 is 0 Å². The van der Waals surface area contributed by atoms with Crippen molar-refractivity contribution in [2.75, 3.05) is 6.61 Å². The molecular formula is C19H25IO3. The molecule has 0 spiro atoms. The van der Waals surface area contributed by atoms with E-state index in [4.69, 9.17) is 9.47 Å². The van der Waals surface area contributed by atoms with Gasteiger partial charge < -0.3 is 9.47 Å². The molecule has 0 radical (unpaired) electrons. The number of benzene rings is 1. The van der Waals surface area contributed by atoms with Crippen LogP contribution >= 0.6 is 22.6 Å². The van der Waals surface area contributed by atoms with Crippen molar-refractivity contribution in [1.82, 2.24) is 0 Å². The van der Waals surface area contributed by atoms with Crippen LogP contribution < -0.4 is 0 Å². The molecule has 2 fully saturated rings. The lowest BCUT2D eigenvalue weighted by molar-refractivity contribution is -0.145. The monoisotopic (exact) mass is 428 g/mol. The minimum atomic E-state index is -0.0409. The standard InChI is InChI=1S/C19H25IO3/c1-13(11-22-12-14-7-4-3-5-8-14)16-18(21)23-17-15(20)9-6-10-19(16,17)2/h3-5,7-8,13,15-17H,6,9-12H2,1-2H3/t13-,15-,16+,17+,19+/m0/s1. The van der Waals surface area contributed by atoms with Gasteiger partial charge in [-0.05, 0) is 24.3 Å². The van der Waals surface area contributed by atoms with Gasteiger partial charge >= 0.3 is 5.97 Å². The molecule has 1 aliphatic carbocycles. The summed E-state index contributed by atoms with van der Waals surface area (Å²) in [7, 11) is 0. The Hall–Kier alpha value is -0.620. The molecule has 2 aliphatic rings. The Morgan fingerprint density at radius 2 is 2.13 bits per heavy atom. The van der Waals surface area contributed by atoms with E-state index in [-0.39, 0.29) is 29.3 Å². The highest BCUT2D eigenvalue weighted by Gasteiger charge is 2.58. The molecule has 3 nitrogen and oxygen atoms in total. The van der Waals surface area contributed by atoms with Crippen molar-refractivity contribution < 1.29 is 14.3 Å². The summed E-state index contributed by atoms with van der Waals surface area (Å²) in [6.07, 6.45) is 3.49. The maximum atomic E-state index is 12.5. The average molecular weight is 428 g/mol.